The maximum Gasteiger partial charge on any atom is 0.0426 e. The first kappa shape index (κ1) is 26.0. The quantitative estimate of drug-likeness (QED) is 0.339. The van der Waals surface area contributed by atoms with Crippen LogP contribution in [0.25, 0.3) is 0 Å². The number of nitrogens with zero attached hydrogens (tertiary/aromatic N) is 1. The van der Waals surface area contributed by atoms with E-state index in [1.807, 2.05) is 12.2 Å². The molecule has 0 aliphatic rings. The first-order valence-corrected chi connectivity index (χ1v) is 11.1. The SMILES string of the molecule is C=C/C=C\C(C)=C(/CC/C=C(C)/C=C(/N)C=C)C(=C)N(C)Cc1ccc(CCC)cc1. The maximum atomic E-state index is 5.85. The van der Waals surface area contributed by atoms with E-state index in [4.69, 9.17) is 5.73 Å². The van der Waals surface area contributed by atoms with Crippen molar-refractivity contribution in [1.29, 1.82) is 0 Å². The molecule has 0 atom stereocenters. The van der Waals surface area contributed by atoms with Crippen LogP contribution in [0, 0.1) is 0 Å². The fourth-order valence-corrected chi connectivity index (χ4v) is 3.41. The Morgan fingerprint density at radius 1 is 1.10 bits per heavy atom. The van der Waals surface area contributed by atoms with Crippen molar-refractivity contribution in [2.45, 2.75) is 53.0 Å². The van der Waals surface area contributed by atoms with Gasteiger partial charge in [0, 0.05) is 25.0 Å². The Balaban J connectivity index is 2.97. The molecule has 0 bridgehead atoms. The normalized spacial score (nSPS) is 13.2. The van der Waals surface area contributed by atoms with Crippen LogP contribution in [0.4, 0.5) is 0 Å². The van der Waals surface area contributed by atoms with Gasteiger partial charge in [0.05, 0.1) is 0 Å². The molecule has 0 heterocycles. The summed E-state index contributed by atoms with van der Waals surface area (Å²) >= 11 is 0. The van der Waals surface area contributed by atoms with Gasteiger partial charge in [-0.2, -0.15) is 0 Å². The Labute approximate surface area is 190 Å². The molecule has 1 aromatic rings. The van der Waals surface area contributed by atoms with E-state index >= 15 is 0 Å². The van der Waals surface area contributed by atoms with Gasteiger partial charge >= 0.3 is 0 Å². The second-order valence-electron chi connectivity index (χ2n) is 7.96. The summed E-state index contributed by atoms with van der Waals surface area (Å²) in [5, 5.41) is 0. The van der Waals surface area contributed by atoms with Crippen molar-refractivity contribution in [3.05, 3.63) is 120 Å². The van der Waals surface area contributed by atoms with Crippen LogP contribution in [0.3, 0.4) is 0 Å². The Bertz CT molecular complexity index is 861. The van der Waals surface area contributed by atoms with Gasteiger partial charge < -0.3 is 10.6 Å². The topological polar surface area (TPSA) is 29.3 Å². The predicted molar refractivity (Wildman–Crippen MR) is 139 cm³/mol. The number of benzene rings is 1. The summed E-state index contributed by atoms with van der Waals surface area (Å²) in [5.41, 5.74) is 13.9. The van der Waals surface area contributed by atoms with Crippen molar-refractivity contribution in [2.75, 3.05) is 7.05 Å². The summed E-state index contributed by atoms with van der Waals surface area (Å²) in [6.07, 6.45) is 15.8. The van der Waals surface area contributed by atoms with Gasteiger partial charge in [0.25, 0.3) is 0 Å². The largest absolute Gasteiger partial charge is 0.399 e. The third kappa shape index (κ3) is 9.57. The van der Waals surface area contributed by atoms with Crippen LogP contribution in [0.5, 0.6) is 0 Å². The summed E-state index contributed by atoms with van der Waals surface area (Å²) < 4.78 is 0. The summed E-state index contributed by atoms with van der Waals surface area (Å²) in [6, 6.07) is 8.93. The fraction of sp³-hybridized carbons (Fsp3) is 0.310. The van der Waals surface area contributed by atoms with Crippen molar-refractivity contribution in [2.24, 2.45) is 5.73 Å². The average molecular weight is 417 g/mol. The molecule has 31 heavy (non-hydrogen) atoms. The fourth-order valence-electron chi connectivity index (χ4n) is 3.41. The number of nitrogens with two attached hydrogens (primary N) is 1. The Hall–Kier alpha value is -3.00. The lowest BCUT2D eigenvalue weighted by Gasteiger charge is -2.25. The zero-order chi connectivity index (χ0) is 23.2. The predicted octanol–water partition coefficient (Wildman–Crippen LogP) is 7.40. The van der Waals surface area contributed by atoms with Crippen LogP contribution in [-0.2, 0) is 13.0 Å². The molecule has 0 amide bonds. The molecule has 0 spiro atoms. The number of likely N-dealkylation sites (N-methyl/N-ethyl adjacent to an activating group) is 1. The average Bonchev–Trinajstić information content (AvgIpc) is 2.76. The van der Waals surface area contributed by atoms with Crippen molar-refractivity contribution in [3.63, 3.8) is 0 Å². The molecule has 0 aliphatic heterocycles. The van der Waals surface area contributed by atoms with Crippen molar-refractivity contribution >= 4 is 0 Å². The highest BCUT2D eigenvalue weighted by molar-refractivity contribution is 5.38. The lowest BCUT2D eigenvalue weighted by molar-refractivity contribution is 0.417. The van der Waals surface area contributed by atoms with Crippen molar-refractivity contribution in [3.8, 4) is 0 Å². The van der Waals surface area contributed by atoms with Crippen LogP contribution in [0.1, 0.15) is 51.2 Å². The zero-order valence-corrected chi connectivity index (χ0v) is 20.0. The molecule has 0 aromatic heterocycles. The van der Waals surface area contributed by atoms with Gasteiger partial charge in [-0.05, 0) is 67.5 Å². The van der Waals surface area contributed by atoms with Gasteiger partial charge in [0.1, 0.15) is 0 Å². The minimum Gasteiger partial charge on any atom is -0.399 e. The molecule has 2 heteroatoms. The molecule has 0 saturated carbocycles. The number of hydrogen-bond acceptors (Lipinski definition) is 2. The van der Waals surface area contributed by atoms with Crippen molar-refractivity contribution in [1.82, 2.24) is 4.90 Å². The van der Waals surface area contributed by atoms with E-state index in [0.717, 1.165) is 37.1 Å². The minimum absolute atomic E-state index is 0.684. The molecule has 1 rings (SSSR count). The Morgan fingerprint density at radius 3 is 2.32 bits per heavy atom. The lowest BCUT2D eigenvalue weighted by Crippen LogP contribution is -2.18. The van der Waals surface area contributed by atoms with Crippen LogP contribution >= 0.6 is 0 Å². The molecule has 2 N–H and O–H groups in total. The minimum atomic E-state index is 0.684. The van der Waals surface area contributed by atoms with Gasteiger partial charge in [0.15, 0.2) is 0 Å². The highest BCUT2D eigenvalue weighted by Crippen LogP contribution is 2.24. The van der Waals surface area contributed by atoms with E-state index in [1.165, 1.54) is 28.7 Å². The van der Waals surface area contributed by atoms with Gasteiger partial charge in [-0.3, -0.25) is 0 Å². The smallest absolute Gasteiger partial charge is 0.0426 e. The summed E-state index contributed by atoms with van der Waals surface area (Å²) in [5.74, 6) is 0. The van der Waals surface area contributed by atoms with E-state index in [1.54, 1.807) is 12.2 Å². The monoisotopic (exact) mass is 416 g/mol. The highest BCUT2D eigenvalue weighted by Gasteiger charge is 2.11. The molecular formula is C29H40N2. The first-order chi connectivity index (χ1) is 14.8. The molecule has 0 radical (unpaired) electrons. The molecule has 2 nitrogen and oxygen atoms in total. The number of aryl methyl sites for hydroxylation is 1. The molecule has 0 aliphatic carbocycles. The molecular weight excluding hydrogens is 376 g/mol. The standard InChI is InChI=1S/C29H40N2/c1-8-11-15-24(5)29(16-12-14-23(4)21-28(30)10-3)25(6)31(7)22-27-19-17-26(13-9-2)18-20-27/h8,10-11,14-15,17-21H,1,3,6,9,12-13,16,22,30H2,2,4-5,7H3/b15-11-,23-14+,28-21+,29-24+. The van der Waals surface area contributed by atoms with Crippen molar-refractivity contribution < 1.29 is 0 Å². The zero-order valence-electron chi connectivity index (χ0n) is 20.0. The second kappa shape index (κ2) is 14.1. The molecule has 1 aromatic carbocycles. The molecule has 166 valence electrons. The number of allylic oxidation sites excluding steroid dienone is 9. The first-order valence-electron chi connectivity index (χ1n) is 11.1. The van der Waals surface area contributed by atoms with Gasteiger partial charge in [0.2, 0.25) is 0 Å². The molecule has 0 unspecified atom stereocenters. The van der Waals surface area contributed by atoms with Gasteiger partial charge in [-0.15, -0.1) is 0 Å². The third-order valence-corrected chi connectivity index (χ3v) is 5.24. The van der Waals surface area contributed by atoms with Gasteiger partial charge in [-0.1, -0.05) is 87.2 Å². The maximum absolute atomic E-state index is 5.85. The summed E-state index contributed by atoms with van der Waals surface area (Å²) in [7, 11) is 2.11. The Morgan fingerprint density at radius 2 is 1.74 bits per heavy atom. The van der Waals surface area contributed by atoms with E-state index < -0.39 is 0 Å². The Kier molecular flexibility index (Phi) is 11.8. The van der Waals surface area contributed by atoms with Crippen LogP contribution in [0.15, 0.2) is 109 Å². The number of hydrogen-bond donors (Lipinski definition) is 1. The van der Waals surface area contributed by atoms with E-state index in [9.17, 15) is 0 Å². The number of rotatable bonds is 13. The van der Waals surface area contributed by atoms with Crippen LogP contribution in [-0.4, -0.2) is 11.9 Å². The van der Waals surface area contributed by atoms with Crippen LogP contribution in [0.2, 0.25) is 0 Å². The van der Waals surface area contributed by atoms with E-state index in [-0.39, 0.29) is 0 Å². The summed E-state index contributed by atoms with van der Waals surface area (Å²) in [4.78, 5) is 2.24. The van der Waals surface area contributed by atoms with Gasteiger partial charge in [-0.25, -0.2) is 0 Å². The van der Waals surface area contributed by atoms with E-state index in [0.29, 0.717) is 5.70 Å². The van der Waals surface area contributed by atoms with Crippen LogP contribution < -0.4 is 5.73 Å². The van der Waals surface area contributed by atoms with E-state index in [2.05, 4.69) is 88.9 Å². The molecule has 0 fully saturated rings. The lowest BCUT2D eigenvalue weighted by atomic mass is 9.99. The molecule has 0 saturated heterocycles. The second-order valence-corrected chi connectivity index (χ2v) is 7.96. The highest BCUT2D eigenvalue weighted by atomic mass is 15.1. The third-order valence-electron chi connectivity index (χ3n) is 5.24. The summed E-state index contributed by atoms with van der Waals surface area (Å²) in [6.45, 7) is 19.2.